The molecule has 1 aliphatic heterocycles. The third-order valence-electron chi connectivity index (χ3n) is 2.54. The Bertz CT molecular complexity index is 121. The maximum Gasteiger partial charge on any atom is 0.0586 e. The summed E-state index contributed by atoms with van der Waals surface area (Å²) < 4.78 is 0. The molecular formula is C9H18BrNO. The number of hydrogen-bond donors (Lipinski definition) is 1. The number of unbranched alkanes of at least 4 members (excludes halogenated alkanes) is 1. The first-order valence-electron chi connectivity index (χ1n) is 4.79. The minimum absolute atomic E-state index is 0.342. The van der Waals surface area contributed by atoms with Gasteiger partial charge in [-0.25, -0.2) is 0 Å². The lowest BCUT2D eigenvalue weighted by molar-refractivity contribution is 0.157. The summed E-state index contributed by atoms with van der Waals surface area (Å²) in [7, 11) is 0. The molecule has 1 atom stereocenters. The van der Waals surface area contributed by atoms with Crippen molar-refractivity contribution in [1.82, 2.24) is 4.90 Å². The normalized spacial score (nSPS) is 25.0. The maximum absolute atomic E-state index is 9.04. The van der Waals surface area contributed by atoms with Crippen molar-refractivity contribution in [3.8, 4) is 0 Å². The van der Waals surface area contributed by atoms with E-state index in [9.17, 15) is 0 Å². The Morgan fingerprint density at radius 3 is 2.92 bits per heavy atom. The van der Waals surface area contributed by atoms with Crippen LogP contribution in [0.15, 0.2) is 0 Å². The van der Waals surface area contributed by atoms with E-state index < -0.39 is 0 Å². The minimum Gasteiger partial charge on any atom is -0.395 e. The largest absolute Gasteiger partial charge is 0.395 e. The topological polar surface area (TPSA) is 23.5 Å². The Kier molecular flexibility index (Phi) is 5.19. The third kappa shape index (κ3) is 3.04. The summed E-state index contributed by atoms with van der Waals surface area (Å²) in [5.41, 5.74) is 0. The molecule has 2 nitrogen and oxygen atoms in total. The molecule has 1 aliphatic rings. The predicted octanol–water partition coefficient (Wildman–Crippen LogP) is 1.62. The number of hydrogen-bond acceptors (Lipinski definition) is 2. The van der Waals surface area contributed by atoms with Crippen LogP contribution < -0.4 is 0 Å². The standard InChI is InChI=1S/C9H18BrNO/c10-5-1-2-6-11-7-3-4-9(11)8-12/h9,12H,1-8H2. The van der Waals surface area contributed by atoms with Crippen molar-refractivity contribution in [3.05, 3.63) is 0 Å². The van der Waals surface area contributed by atoms with Gasteiger partial charge in [0.1, 0.15) is 0 Å². The number of nitrogens with zero attached hydrogens (tertiary/aromatic N) is 1. The molecule has 0 aromatic heterocycles. The summed E-state index contributed by atoms with van der Waals surface area (Å²) in [6.07, 6.45) is 4.95. The van der Waals surface area contributed by atoms with Crippen LogP contribution >= 0.6 is 15.9 Å². The van der Waals surface area contributed by atoms with Gasteiger partial charge in [-0.3, -0.25) is 4.90 Å². The molecule has 0 radical (unpaired) electrons. The average molecular weight is 236 g/mol. The van der Waals surface area contributed by atoms with Crippen LogP contribution in [-0.2, 0) is 0 Å². The van der Waals surface area contributed by atoms with Crippen molar-refractivity contribution in [1.29, 1.82) is 0 Å². The SMILES string of the molecule is OCC1CCCN1CCCCBr. The summed E-state index contributed by atoms with van der Waals surface area (Å²) in [4.78, 5) is 2.42. The van der Waals surface area contributed by atoms with Gasteiger partial charge in [-0.05, 0) is 38.8 Å². The fourth-order valence-corrected chi connectivity index (χ4v) is 2.20. The number of halogens is 1. The Hall–Kier alpha value is 0.400. The van der Waals surface area contributed by atoms with Crippen molar-refractivity contribution in [3.63, 3.8) is 0 Å². The van der Waals surface area contributed by atoms with E-state index in [1.54, 1.807) is 0 Å². The average Bonchev–Trinajstić information content (AvgIpc) is 2.52. The van der Waals surface area contributed by atoms with Gasteiger partial charge < -0.3 is 5.11 Å². The van der Waals surface area contributed by atoms with Gasteiger partial charge in [0.25, 0.3) is 0 Å². The van der Waals surface area contributed by atoms with Crippen LogP contribution in [0.4, 0.5) is 0 Å². The Balaban J connectivity index is 2.12. The van der Waals surface area contributed by atoms with Gasteiger partial charge in [-0.15, -0.1) is 0 Å². The van der Waals surface area contributed by atoms with Crippen LogP contribution in [0.3, 0.4) is 0 Å². The first-order chi connectivity index (χ1) is 5.88. The van der Waals surface area contributed by atoms with Crippen LogP contribution in [0, 0.1) is 0 Å². The first kappa shape index (κ1) is 10.5. The first-order valence-corrected chi connectivity index (χ1v) is 5.91. The van der Waals surface area contributed by atoms with Gasteiger partial charge in [0.15, 0.2) is 0 Å². The number of rotatable bonds is 5. The zero-order valence-corrected chi connectivity index (χ0v) is 9.09. The quantitative estimate of drug-likeness (QED) is 0.579. The fourth-order valence-electron chi connectivity index (χ4n) is 1.81. The molecule has 1 N–H and O–H groups in total. The number of likely N-dealkylation sites (tertiary alicyclic amines) is 1. The molecule has 1 unspecified atom stereocenters. The second-order valence-electron chi connectivity index (χ2n) is 3.41. The summed E-state index contributed by atoms with van der Waals surface area (Å²) in [6, 6.07) is 0.459. The molecule has 1 heterocycles. The van der Waals surface area contributed by atoms with Crippen LogP contribution in [0.2, 0.25) is 0 Å². The highest BCUT2D eigenvalue weighted by molar-refractivity contribution is 9.09. The lowest BCUT2D eigenvalue weighted by Crippen LogP contribution is -2.32. The van der Waals surface area contributed by atoms with E-state index >= 15 is 0 Å². The highest BCUT2D eigenvalue weighted by Crippen LogP contribution is 2.16. The van der Waals surface area contributed by atoms with Crippen molar-refractivity contribution < 1.29 is 5.11 Å². The summed E-state index contributed by atoms with van der Waals surface area (Å²) in [5.74, 6) is 0. The van der Waals surface area contributed by atoms with Gasteiger partial charge in [0, 0.05) is 11.4 Å². The number of alkyl halides is 1. The van der Waals surface area contributed by atoms with E-state index in [1.165, 1.54) is 32.2 Å². The molecule has 0 amide bonds. The summed E-state index contributed by atoms with van der Waals surface area (Å²) >= 11 is 3.42. The van der Waals surface area contributed by atoms with Crippen molar-refractivity contribution >= 4 is 15.9 Å². The molecule has 3 heteroatoms. The molecule has 1 rings (SSSR count). The lowest BCUT2D eigenvalue weighted by atomic mass is 10.2. The Morgan fingerprint density at radius 2 is 2.25 bits per heavy atom. The molecule has 0 aromatic carbocycles. The van der Waals surface area contributed by atoms with Crippen LogP contribution in [0.1, 0.15) is 25.7 Å². The van der Waals surface area contributed by atoms with Gasteiger partial charge >= 0.3 is 0 Å². The Labute approximate surface area is 83.1 Å². The molecule has 0 aromatic rings. The zero-order chi connectivity index (χ0) is 8.81. The Morgan fingerprint density at radius 1 is 1.42 bits per heavy atom. The van der Waals surface area contributed by atoms with Crippen LogP contribution in [-0.4, -0.2) is 41.1 Å². The van der Waals surface area contributed by atoms with Gasteiger partial charge in [-0.1, -0.05) is 15.9 Å². The number of aliphatic hydroxyl groups is 1. The fraction of sp³-hybridized carbons (Fsp3) is 1.00. The van der Waals surface area contributed by atoms with E-state index in [0.717, 1.165) is 11.9 Å². The maximum atomic E-state index is 9.04. The number of aliphatic hydroxyl groups excluding tert-OH is 1. The highest BCUT2D eigenvalue weighted by Gasteiger charge is 2.22. The molecule has 1 saturated heterocycles. The van der Waals surface area contributed by atoms with E-state index in [1.807, 2.05) is 0 Å². The van der Waals surface area contributed by atoms with Gasteiger partial charge in [-0.2, -0.15) is 0 Å². The zero-order valence-electron chi connectivity index (χ0n) is 7.51. The van der Waals surface area contributed by atoms with Crippen molar-refractivity contribution in [2.45, 2.75) is 31.7 Å². The van der Waals surface area contributed by atoms with Crippen LogP contribution in [0.5, 0.6) is 0 Å². The van der Waals surface area contributed by atoms with E-state index in [0.29, 0.717) is 12.6 Å². The smallest absolute Gasteiger partial charge is 0.0586 e. The molecule has 12 heavy (non-hydrogen) atoms. The molecule has 0 bridgehead atoms. The molecule has 0 saturated carbocycles. The van der Waals surface area contributed by atoms with E-state index in [2.05, 4.69) is 20.8 Å². The lowest BCUT2D eigenvalue weighted by Gasteiger charge is -2.22. The van der Waals surface area contributed by atoms with Crippen molar-refractivity contribution in [2.24, 2.45) is 0 Å². The molecular weight excluding hydrogens is 218 g/mol. The second kappa shape index (κ2) is 5.95. The second-order valence-corrected chi connectivity index (χ2v) is 4.20. The molecule has 0 aliphatic carbocycles. The predicted molar refractivity (Wildman–Crippen MR) is 54.7 cm³/mol. The monoisotopic (exact) mass is 235 g/mol. The van der Waals surface area contributed by atoms with Crippen LogP contribution in [0.25, 0.3) is 0 Å². The molecule has 1 fully saturated rings. The summed E-state index contributed by atoms with van der Waals surface area (Å²) in [5, 5.41) is 10.1. The minimum atomic E-state index is 0.342. The third-order valence-corrected chi connectivity index (χ3v) is 3.10. The summed E-state index contributed by atoms with van der Waals surface area (Å²) in [6.45, 7) is 2.69. The van der Waals surface area contributed by atoms with E-state index in [4.69, 9.17) is 5.11 Å². The van der Waals surface area contributed by atoms with Crippen molar-refractivity contribution in [2.75, 3.05) is 25.0 Å². The molecule has 72 valence electrons. The van der Waals surface area contributed by atoms with Gasteiger partial charge in [0.2, 0.25) is 0 Å². The molecule has 0 spiro atoms. The van der Waals surface area contributed by atoms with Gasteiger partial charge in [0.05, 0.1) is 6.61 Å². The highest BCUT2D eigenvalue weighted by atomic mass is 79.9. The van der Waals surface area contributed by atoms with E-state index in [-0.39, 0.29) is 0 Å².